The SMILES string of the molecule is C=C1N=CC(Oc2ccccc2N)=CN1. The van der Waals surface area contributed by atoms with Crippen molar-refractivity contribution in [3.8, 4) is 5.75 Å². The van der Waals surface area contributed by atoms with Gasteiger partial charge in [-0.1, -0.05) is 18.7 Å². The summed E-state index contributed by atoms with van der Waals surface area (Å²) < 4.78 is 5.52. The predicted molar refractivity (Wildman–Crippen MR) is 60.3 cm³/mol. The van der Waals surface area contributed by atoms with Gasteiger partial charge in [0.15, 0.2) is 5.76 Å². The first-order valence-electron chi connectivity index (χ1n) is 4.48. The largest absolute Gasteiger partial charge is 0.452 e. The normalized spacial score (nSPS) is 14.4. The number of nitrogen functional groups attached to an aromatic ring is 1. The van der Waals surface area contributed by atoms with Crippen LogP contribution in [0, 0.1) is 0 Å². The Hall–Kier alpha value is -2.23. The van der Waals surface area contributed by atoms with Crippen molar-refractivity contribution in [1.29, 1.82) is 0 Å². The summed E-state index contributed by atoms with van der Waals surface area (Å²) in [4.78, 5) is 3.97. The molecule has 0 unspecified atom stereocenters. The lowest BCUT2D eigenvalue weighted by molar-refractivity contribution is 0.453. The minimum atomic E-state index is 0.586. The van der Waals surface area contributed by atoms with E-state index in [2.05, 4.69) is 16.9 Å². The fourth-order valence-corrected chi connectivity index (χ4v) is 1.13. The Morgan fingerprint density at radius 3 is 2.80 bits per heavy atom. The fraction of sp³-hybridized carbons (Fsp3) is 0. The van der Waals surface area contributed by atoms with Crippen molar-refractivity contribution in [3.05, 3.63) is 48.6 Å². The third-order valence-corrected chi connectivity index (χ3v) is 1.88. The molecule has 0 saturated carbocycles. The second-order valence-corrected chi connectivity index (χ2v) is 3.04. The standard InChI is InChI=1S/C11H11N3O/c1-8-13-6-9(7-14-8)15-11-5-3-2-4-10(11)12/h2-7,13H,1,12H2. The van der Waals surface area contributed by atoms with Crippen LogP contribution in [0.1, 0.15) is 0 Å². The van der Waals surface area contributed by atoms with Crippen molar-refractivity contribution in [2.24, 2.45) is 4.99 Å². The van der Waals surface area contributed by atoms with Crippen LogP contribution in [-0.4, -0.2) is 6.21 Å². The highest BCUT2D eigenvalue weighted by molar-refractivity contribution is 5.79. The molecule has 0 aliphatic carbocycles. The number of nitrogens with two attached hydrogens (primary N) is 1. The number of allylic oxidation sites excluding steroid dienone is 1. The van der Waals surface area contributed by atoms with Crippen LogP contribution in [-0.2, 0) is 0 Å². The van der Waals surface area contributed by atoms with Crippen molar-refractivity contribution < 1.29 is 4.74 Å². The van der Waals surface area contributed by atoms with Gasteiger partial charge in [0.2, 0.25) is 0 Å². The molecule has 4 heteroatoms. The van der Waals surface area contributed by atoms with Gasteiger partial charge in [-0.3, -0.25) is 0 Å². The molecule has 0 fully saturated rings. The van der Waals surface area contributed by atoms with Gasteiger partial charge in [0.25, 0.3) is 0 Å². The minimum Gasteiger partial charge on any atom is -0.452 e. The quantitative estimate of drug-likeness (QED) is 0.715. The van der Waals surface area contributed by atoms with E-state index in [0.717, 1.165) is 0 Å². The number of hydrogen-bond donors (Lipinski definition) is 2. The van der Waals surface area contributed by atoms with Crippen LogP contribution in [0.4, 0.5) is 5.69 Å². The van der Waals surface area contributed by atoms with Gasteiger partial charge in [-0.05, 0) is 12.1 Å². The molecular formula is C11H11N3O. The van der Waals surface area contributed by atoms with Crippen molar-refractivity contribution in [1.82, 2.24) is 5.32 Å². The Kier molecular flexibility index (Phi) is 2.41. The van der Waals surface area contributed by atoms with Crippen LogP contribution in [0.5, 0.6) is 5.75 Å². The monoisotopic (exact) mass is 201 g/mol. The zero-order valence-corrected chi connectivity index (χ0v) is 8.10. The number of para-hydroxylation sites is 2. The zero-order valence-electron chi connectivity index (χ0n) is 8.10. The summed E-state index contributed by atoms with van der Waals surface area (Å²) in [6.07, 6.45) is 3.27. The first kappa shape index (κ1) is 9.33. The van der Waals surface area contributed by atoms with Gasteiger partial charge in [-0.25, -0.2) is 4.99 Å². The van der Waals surface area contributed by atoms with Crippen LogP contribution >= 0.6 is 0 Å². The van der Waals surface area contributed by atoms with Crippen LogP contribution in [0.2, 0.25) is 0 Å². The number of anilines is 1. The molecule has 0 atom stereocenters. The molecule has 3 N–H and O–H groups in total. The molecule has 0 aromatic heterocycles. The molecule has 1 aliphatic heterocycles. The maximum atomic E-state index is 5.73. The zero-order chi connectivity index (χ0) is 10.7. The van der Waals surface area contributed by atoms with Gasteiger partial charge in [-0.2, -0.15) is 0 Å². The Labute approximate surface area is 87.8 Å². The summed E-state index contributed by atoms with van der Waals surface area (Å²) in [5.41, 5.74) is 6.32. The van der Waals surface area contributed by atoms with Gasteiger partial charge in [0.1, 0.15) is 11.6 Å². The molecule has 0 amide bonds. The number of nitrogens with zero attached hydrogens (tertiary/aromatic N) is 1. The van der Waals surface area contributed by atoms with Gasteiger partial charge < -0.3 is 15.8 Å². The number of hydrogen-bond acceptors (Lipinski definition) is 4. The van der Waals surface area contributed by atoms with E-state index in [1.165, 1.54) is 0 Å². The Morgan fingerprint density at radius 2 is 2.13 bits per heavy atom. The third kappa shape index (κ3) is 2.17. The molecule has 0 radical (unpaired) electrons. The fourth-order valence-electron chi connectivity index (χ4n) is 1.13. The van der Waals surface area contributed by atoms with E-state index in [0.29, 0.717) is 23.0 Å². The van der Waals surface area contributed by atoms with E-state index in [4.69, 9.17) is 10.5 Å². The van der Waals surface area contributed by atoms with Crippen LogP contribution in [0.3, 0.4) is 0 Å². The molecule has 4 nitrogen and oxygen atoms in total. The molecule has 1 aliphatic rings. The van der Waals surface area contributed by atoms with E-state index in [1.54, 1.807) is 24.5 Å². The maximum absolute atomic E-state index is 5.73. The summed E-state index contributed by atoms with van der Waals surface area (Å²) in [6.45, 7) is 3.64. The summed E-state index contributed by atoms with van der Waals surface area (Å²) in [5.74, 6) is 1.80. The number of aliphatic imine (C=N–C) groups is 1. The maximum Gasteiger partial charge on any atom is 0.161 e. The Balaban J connectivity index is 2.14. The van der Waals surface area contributed by atoms with E-state index in [-0.39, 0.29) is 0 Å². The second kappa shape index (κ2) is 3.88. The summed E-state index contributed by atoms with van der Waals surface area (Å²) >= 11 is 0. The predicted octanol–water partition coefficient (Wildman–Crippen LogP) is 1.63. The number of nitrogens with one attached hydrogen (secondary N) is 1. The highest BCUT2D eigenvalue weighted by Gasteiger charge is 2.04. The van der Waals surface area contributed by atoms with Crippen LogP contribution in [0.15, 0.2) is 53.6 Å². The molecule has 15 heavy (non-hydrogen) atoms. The summed E-state index contributed by atoms with van der Waals surface area (Å²) in [6, 6.07) is 7.29. The topological polar surface area (TPSA) is 59.6 Å². The minimum absolute atomic E-state index is 0.586. The molecule has 0 saturated heterocycles. The first-order valence-corrected chi connectivity index (χ1v) is 4.48. The van der Waals surface area contributed by atoms with E-state index >= 15 is 0 Å². The molecule has 1 aromatic carbocycles. The molecule has 2 rings (SSSR count). The summed E-state index contributed by atoms with van der Waals surface area (Å²) in [5, 5.41) is 2.85. The number of ether oxygens (including phenoxy) is 1. The van der Waals surface area contributed by atoms with Crippen LogP contribution in [0.25, 0.3) is 0 Å². The molecule has 0 spiro atoms. The number of benzene rings is 1. The van der Waals surface area contributed by atoms with E-state index in [1.807, 2.05) is 12.1 Å². The van der Waals surface area contributed by atoms with E-state index < -0.39 is 0 Å². The van der Waals surface area contributed by atoms with Gasteiger partial charge in [0.05, 0.1) is 11.9 Å². The lowest BCUT2D eigenvalue weighted by Gasteiger charge is -2.12. The van der Waals surface area contributed by atoms with Crippen molar-refractivity contribution in [2.45, 2.75) is 0 Å². The molecule has 1 heterocycles. The average Bonchev–Trinajstić information content (AvgIpc) is 2.25. The third-order valence-electron chi connectivity index (χ3n) is 1.88. The van der Waals surface area contributed by atoms with Crippen LogP contribution < -0.4 is 15.8 Å². The Bertz CT molecular complexity index is 449. The molecule has 0 bridgehead atoms. The Morgan fingerprint density at radius 1 is 1.33 bits per heavy atom. The smallest absolute Gasteiger partial charge is 0.161 e. The highest BCUT2D eigenvalue weighted by Crippen LogP contribution is 2.22. The highest BCUT2D eigenvalue weighted by atomic mass is 16.5. The molecule has 76 valence electrons. The molecule has 1 aromatic rings. The van der Waals surface area contributed by atoms with Gasteiger partial charge in [0, 0.05) is 6.20 Å². The summed E-state index contributed by atoms with van der Waals surface area (Å²) in [7, 11) is 0. The average molecular weight is 201 g/mol. The first-order chi connectivity index (χ1) is 7.25. The van der Waals surface area contributed by atoms with Crippen molar-refractivity contribution >= 4 is 11.9 Å². The van der Waals surface area contributed by atoms with E-state index in [9.17, 15) is 0 Å². The lowest BCUT2D eigenvalue weighted by Crippen LogP contribution is -2.12. The number of rotatable bonds is 2. The van der Waals surface area contributed by atoms with Gasteiger partial charge in [-0.15, -0.1) is 0 Å². The second-order valence-electron chi connectivity index (χ2n) is 3.04. The van der Waals surface area contributed by atoms with Crippen molar-refractivity contribution in [2.75, 3.05) is 5.73 Å². The van der Waals surface area contributed by atoms with Crippen molar-refractivity contribution in [3.63, 3.8) is 0 Å². The van der Waals surface area contributed by atoms with Gasteiger partial charge >= 0.3 is 0 Å². The lowest BCUT2D eigenvalue weighted by atomic mass is 10.3. The molecular weight excluding hydrogens is 190 g/mol.